The number of halogens is 1. The van der Waals surface area contributed by atoms with Crippen molar-refractivity contribution in [2.75, 3.05) is 24.4 Å². The first-order chi connectivity index (χ1) is 8.04. The summed E-state index contributed by atoms with van der Waals surface area (Å²) in [7, 11) is 1.51. The number of rotatable bonds is 2. The minimum atomic E-state index is 0.0926. The smallest absolute Gasteiger partial charge is 0.241 e. The molecule has 2 rings (SSSR count). The fourth-order valence-electron chi connectivity index (χ4n) is 1.40. The van der Waals surface area contributed by atoms with Crippen molar-refractivity contribution in [2.45, 2.75) is 0 Å². The average molecular weight is 255 g/mol. The van der Waals surface area contributed by atoms with Gasteiger partial charge >= 0.3 is 0 Å². The average Bonchev–Trinajstić information content (AvgIpc) is 2.63. The Bertz CT molecular complexity index is 567. The van der Waals surface area contributed by atoms with E-state index in [-0.39, 0.29) is 5.95 Å². The molecule has 2 aromatic rings. The monoisotopic (exact) mass is 254 g/mol. The van der Waals surface area contributed by atoms with Gasteiger partial charge in [0.2, 0.25) is 5.95 Å². The Balaban J connectivity index is 2.66. The molecule has 17 heavy (non-hydrogen) atoms. The molecule has 0 saturated carbocycles. The number of nitrogen functional groups attached to an aromatic ring is 3. The third-order valence-corrected chi connectivity index (χ3v) is 2.61. The number of nitrogens with two attached hydrogens (primary N) is 3. The molecule has 1 aromatic heterocycles. The number of anilines is 2. The number of hydrogen-bond donors (Lipinski definition) is 3. The van der Waals surface area contributed by atoms with E-state index < -0.39 is 0 Å². The van der Waals surface area contributed by atoms with Crippen LogP contribution in [0.5, 0.6) is 5.75 Å². The molecule has 0 bridgehead atoms. The summed E-state index contributed by atoms with van der Waals surface area (Å²) in [6.45, 7) is 0. The van der Waals surface area contributed by atoms with Crippen LogP contribution in [0.15, 0.2) is 12.1 Å². The van der Waals surface area contributed by atoms with E-state index in [1.54, 1.807) is 12.1 Å². The molecule has 7 nitrogen and oxygen atoms in total. The number of benzene rings is 1. The van der Waals surface area contributed by atoms with Gasteiger partial charge in [0.15, 0.2) is 5.82 Å². The standard InChI is InChI=1S/C9H11ClN6O/c1-17-7-3-6(11)5(10)2-4(7)8-14-15-9(12)16(8)13/h2-3H,11,13H2,1H3,(H2,12,15). The van der Waals surface area contributed by atoms with Crippen LogP contribution in [0.3, 0.4) is 0 Å². The fraction of sp³-hybridized carbons (Fsp3) is 0.111. The van der Waals surface area contributed by atoms with Crippen LogP contribution < -0.4 is 22.0 Å². The summed E-state index contributed by atoms with van der Waals surface area (Å²) >= 11 is 5.94. The van der Waals surface area contributed by atoms with E-state index in [9.17, 15) is 0 Å². The molecular formula is C9H11ClN6O. The molecular weight excluding hydrogens is 244 g/mol. The Hall–Kier alpha value is -2.15. The van der Waals surface area contributed by atoms with Gasteiger partial charge in [-0.05, 0) is 6.07 Å². The highest BCUT2D eigenvalue weighted by Gasteiger charge is 2.16. The molecule has 0 saturated heterocycles. The van der Waals surface area contributed by atoms with Crippen molar-refractivity contribution in [3.05, 3.63) is 17.2 Å². The highest BCUT2D eigenvalue weighted by Crippen LogP contribution is 2.35. The second-order valence-corrected chi connectivity index (χ2v) is 3.73. The van der Waals surface area contributed by atoms with Crippen LogP contribution in [0.1, 0.15) is 0 Å². The van der Waals surface area contributed by atoms with Crippen molar-refractivity contribution in [3.63, 3.8) is 0 Å². The molecule has 1 aromatic carbocycles. The van der Waals surface area contributed by atoms with E-state index >= 15 is 0 Å². The van der Waals surface area contributed by atoms with Gasteiger partial charge in [-0.1, -0.05) is 11.6 Å². The van der Waals surface area contributed by atoms with Gasteiger partial charge < -0.3 is 22.0 Å². The normalized spacial score (nSPS) is 10.5. The largest absolute Gasteiger partial charge is 0.496 e. The van der Waals surface area contributed by atoms with Crippen LogP contribution in [0, 0.1) is 0 Å². The third kappa shape index (κ3) is 1.80. The summed E-state index contributed by atoms with van der Waals surface area (Å²) in [5, 5.41) is 7.88. The van der Waals surface area contributed by atoms with Gasteiger partial charge in [0.05, 0.1) is 23.4 Å². The molecule has 0 aliphatic heterocycles. The molecule has 90 valence electrons. The minimum absolute atomic E-state index is 0.0926. The number of ether oxygens (including phenoxy) is 1. The number of methoxy groups -OCH3 is 1. The van der Waals surface area contributed by atoms with Crippen LogP contribution in [0.2, 0.25) is 5.02 Å². The fourth-order valence-corrected chi connectivity index (χ4v) is 1.56. The predicted octanol–water partition coefficient (Wildman–Crippen LogP) is 0.485. The van der Waals surface area contributed by atoms with Crippen molar-refractivity contribution in [3.8, 4) is 17.1 Å². The highest BCUT2D eigenvalue weighted by molar-refractivity contribution is 6.33. The SMILES string of the molecule is COc1cc(N)c(Cl)cc1-c1nnc(N)n1N. The zero-order valence-corrected chi connectivity index (χ0v) is 9.77. The Morgan fingerprint density at radius 3 is 2.53 bits per heavy atom. The molecule has 6 N–H and O–H groups in total. The van der Waals surface area contributed by atoms with E-state index in [1.807, 2.05) is 0 Å². The molecule has 0 aliphatic rings. The van der Waals surface area contributed by atoms with Gasteiger partial charge in [0.1, 0.15) is 5.75 Å². The lowest BCUT2D eigenvalue weighted by Gasteiger charge is -2.09. The lowest BCUT2D eigenvalue weighted by atomic mass is 10.1. The van der Waals surface area contributed by atoms with Crippen LogP contribution in [-0.4, -0.2) is 22.0 Å². The number of aromatic nitrogens is 3. The Labute approximate surface area is 102 Å². The predicted molar refractivity (Wildman–Crippen MR) is 66.0 cm³/mol. The summed E-state index contributed by atoms with van der Waals surface area (Å²) in [6, 6.07) is 3.19. The van der Waals surface area contributed by atoms with Gasteiger partial charge in [-0.25, -0.2) is 4.68 Å². The number of nitrogens with zero attached hydrogens (tertiary/aromatic N) is 3. The second-order valence-electron chi connectivity index (χ2n) is 3.33. The maximum Gasteiger partial charge on any atom is 0.241 e. The molecule has 0 atom stereocenters. The van der Waals surface area contributed by atoms with Crippen LogP contribution >= 0.6 is 11.6 Å². The quantitative estimate of drug-likeness (QED) is 0.530. The second kappa shape index (κ2) is 4.02. The lowest BCUT2D eigenvalue weighted by molar-refractivity contribution is 0.416. The van der Waals surface area contributed by atoms with Crippen molar-refractivity contribution >= 4 is 23.2 Å². The van der Waals surface area contributed by atoms with E-state index in [2.05, 4.69) is 10.2 Å². The van der Waals surface area contributed by atoms with Crippen molar-refractivity contribution in [1.29, 1.82) is 0 Å². The van der Waals surface area contributed by atoms with Gasteiger partial charge in [-0.2, -0.15) is 0 Å². The van der Waals surface area contributed by atoms with Gasteiger partial charge in [0, 0.05) is 6.07 Å². The number of hydrogen-bond acceptors (Lipinski definition) is 6. The lowest BCUT2D eigenvalue weighted by Crippen LogP contribution is -2.13. The maximum absolute atomic E-state index is 5.94. The first-order valence-corrected chi connectivity index (χ1v) is 5.01. The van der Waals surface area contributed by atoms with Crippen LogP contribution in [-0.2, 0) is 0 Å². The summed E-state index contributed by atoms with van der Waals surface area (Å²) in [5.41, 5.74) is 12.2. The Morgan fingerprint density at radius 2 is 2.00 bits per heavy atom. The molecule has 8 heteroatoms. The topological polar surface area (TPSA) is 118 Å². The first kappa shape index (κ1) is 11.3. The maximum atomic E-state index is 5.94. The summed E-state index contributed by atoms with van der Waals surface area (Å²) < 4.78 is 6.33. The molecule has 0 radical (unpaired) electrons. The van der Waals surface area contributed by atoms with Crippen LogP contribution in [0.4, 0.5) is 11.6 Å². The molecule has 0 amide bonds. The van der Waals surface area contributed by atoms with E-state index in [4.69, 9.17) is 33.6 Å². The molecule has 0 aliphatic carbocycles. The van der Waals surface area contributed by atoms with E-state index in [0.29, 0.717) is 27.8 Å². The molecule has 0 fully saturated rings. The highest BCUT2D eigenvalue weighted by atomic mass is 35.5. The van der Waals surface area contributed by atoms with Crippen molar-refractivity contribution in [1.82, 2.24) is 14.9 Å². The van der Waals surface area contributed by atoms with Gasteiger partial charge in [-0.15, -0.1) is 10.2 Å². The van der Waals surface area contributed by atoms with Gasteiger partial charge in [-0.3, -0.25) is 0 Å². The van der Waals surface area contributed by atoms with E-state index in [1.165, 1.54) is 7.11 Å². The third-order valence-electron chi connectivity index (χ3n) is 2.28. The molecule has 1 heterocycles. The first-order valence-electron chi connectivity index (χ1n) is 4.64. The summed E-state index contributed by atoms with van der Waals surface area (Å²) in [4.78, 5) is 0. The van der Waals surface area contributed by atoms with Crippen LogP contribution in [0.25, 0.3) is 11.4 Å². The summed E-state index contributed by atoms with van der Waals surface area (Å²) in [6.07, 6.45) is 0. The molecule has 0 unspecified atom stereocenters. The Morgan fingerprint density at radius 1 is 1.29 bits per heavy atom. The van der Waals surface area contributed by atoms with Crippen molar-refractivity contribution < 1.29 is 4.74 Å². The zero-order chi connectivity index (χ0) is 12.6. The summed E-state index contributed by atoms with van der Waals surface area (Å²) in [5.74, 6) is 6.62. The molecule has 0 spiro atoms. The van der Waals surface area contributed by atoms with Crippen molar-refractivity contribution in [2.24, 2.45) is 0 Å². The Kier molecular flexibility index (Phi) is 2.68. The van der Waals surface area contributed by atoms with E-state index in [0.717, 1.165) is 4.68 Å². The van der Waals surface area contributed by atoms with Gasteiger partial charge in [0.25, 0.3) is 0 Å². The zero-order valence-electron chi connectivity index (χ0n) is 9.01. The minimum Gasteiger partial charge on any atom is -0.496 e.